The summed E-state index contributed by atoms with van der Waals surface area (Å²) in [5.74, 6) is -0.00772. The van der Waals surface area contributed by atoms with Gasteiger partial charge in [-0.3, -0.25) is 4.79 Å². The number of nitrogens with one attached hydrogen (secondary N) is 1. The molecule has 0 unspecified atom stereocenters. The molecule has 5 nitrogen and oxygen atoms in total. The molecular formula is C11H18N4OS. The van der Waals surface area contributed by atoms with Gasteiger partial charge in [-0.05, 0) is 44.3 Å². The van der Waals surface area contributed by atoms with Crippen molar-refractivity contribution >= 4 is 17.4 Å². The highest BCUT2D eigenvalue weighted by molar-refractivity contribution is 7.03. The third-order valence-corrected chi connectivity index (χ3v) is 4.06. The lowest BCUT2D eigenvalue weighted by Gasteiger charge is -2.34. The molecule has 0 atom stereocenters. The van der Waals surface area contributed by atoms with Crippen molar-refractivity contribution in [2.75, 3.05) is 14.1 Å². The third-order valence-electron chi connectivity index (χ3n) is 3.55. The summed E-state index contributed by atoms with van der Waals surface area (Å²) in [6, 6.07) is 0.949. The third kappa shape index (κ3) is 2.81. The molecule has 1 aromatic heterocycles. The van der Waals surface area contributed by atoms with Crippen LogP contribution >= 0.6 is 11.5 Å². The number of carbonyl (C=O) groups excluding carboxylic acids is 1. The maximum absolute atomic E-state index is 12.1. The second kappa shape index (κ2) is 5.55. The first-order chi connectivity index (χ1) is 8.22. The van der Waals surface area contributed by atoms with Gasteiger partial charge in [0, 0.05) is 24.5 Å². The van der Waals surface area contributed by atoms with Crippen molar-refractivity contribution in [1.82, 2.24) is 19.8 Å². The van der Waals surface area contributed by atoms with Crippen LogP contribution in [0.1, 0.15) is 36.2 Å². The normalized spacial score (nSPS) is 24.6. The smallest absolute Gasteiger partial charge is 0.275 e. The van der Waals surface area contributed by atoms with E-state index in [1.165, 1.54) is 11.5 Å². The Morgan fingerprint density at radius 3 is 2.71 bits per heavy atom. The minimum atomic E-state index is -0.00772. The number of rotatable bonds is 3. The van der Waals surface area contributed by atoms with Crippen molar-refractivity contribution in [2.45, 2.75) is 37.8 Å². The van der Waals surface area contributed by atoms with Crippen LogP contribution in [0.4, 0.5) is 0 Å². The molecule has 94 valence electrons. The van der Waals surface area contributed by atoms with Gasteiger partial charge < -0.3 is 10.2 Å². The van der Waals surface area contributed by atoms with Crippen molar-refractivity contribution in [2.24, 2.45) is 0 Å². The molecule has 2 rings (SSSR count). The van der Waals surface area contributed by atoms with Crippen LogP contribution in [0.2, 0.25) is 0 Å². The number of amides is 1. The summed E-state index contributed by atoms with van der Waals surface area (Å²) in [5.41, 5.74) is 0.466. The summed E-state index contributed by atoms with van der Waals surface area (Å²) in [5, 5.41) is 8.83. The Balaban J connectivity index is 1.92. The van der Waals surface area contributed by atoms with Gasteiger partial charge in [-0.1, -0.05) is 4.49 Å². The minimum Gasteiger partial charge on any atom is -0.337 e. The van der Waals surface area contributed by atoms with Crippen molar-refractivity contribution in [3.63, 3.8) is 0 Å². The van der Waals surface area contributed by atoms with Crippen LogP contribution in [0.25, 0.3) is 0 Å². The lowest BCUT2D eigenvalue weighted by atomic mass is 9.90. The summed E-state index contributed by atoms with van der Waals surface area (Å²) >= 11 is 1.22. The molecule has 1 amide bonds. The first-order valence-electron chi connectivity index (χ1n) is 5.94. The Morgan fingerprint density at radius 1 is 1.47 bits per heavy atom. The Labute approximate surface area is 105 Å². The lowest BCUT2D eigenvalue weighted by molar-refractivity contribution is 0.0680. The van der Waals surface area contributed by atoms with Gasteiger partial charge in [-0.15, -0.1) is 5.10 Å². The van der Waals surface area contributed by atoms with Gasteiger partial charge in [0.25, 0.3) is 5.91 Å². The molecule has 0 spiro atoms. The van der Waals surface area contributed by atoms with E-state index in [0.29, 0.717) is 17.8 Å². The fourth-order valence-corrected chi connectivity index (χ4v) is 2.79. The summed E-state index contributed by atoms with van der Waals surface area (Å²) < 4.78 is 3.73. The first kappa shape index (κ1) is 12.4. The predicted octanol–water partition coefficient (Wildman–Crippen LogP) is 1.14. The van der Waals surface area contributed by atoms with Crippen LogP contribution in [-0.4, -0.2) is 46.6 Å². The highest BCUT2D eigenvalue weighted by Gasteiger charge is 2.27. The Bertz CT molecular complexity index is 360. The van der Waals surface area contributed by atoms with Crippen LogP contribution in [-0.2, 0) is 0 Å². The summed E-state index contributed by atoms with van der Waals surface area (Å²) in [7, 11) is 3.87. The Kier molecular flexibility index (Phi) is 4.06. The van der Waals surface area contributed by atoms with Gasteiger partial charge >= 0.3 is 0 Å². The second-order valence-corrected chi connectivity index (χ2v) is 5.11. The molecular weight excluding hydrogens is 236 g/mol. The highest BCUT2D eigenvalue weighted by atomic mass is 32.1. The molecule has 1 N–H and O–H groups in total. The van der Waals surface area contributed by atoms with Crippen molar-refractivity contribution in [1.29, 1.82) is 0 Å². The SMILES string of the molecule is CNC1CCC(N(C)C(=O)c2csnn2)CC1. The monoisotopic (exact) mass is 254 g/mol. The molecule has 1 aromatic rings. The first-order valence-corrected chi connectivity index (χ1v) is 6.77. The molecule has 1 saturated carbocycles. The molecule has 0 saturated heterocycles. The van der Waals surface area contributed by atoms with E-state index in [1.54, 1.807) is 5.38 Å². The summed E-state index contributed by atoms with van der Waals surface area (Å²) in [6.45, 7) is 0. The fourth-order valence-electron chi connectivity index (χ4n) is 2.36. The van der Waals surface area contributed by atoms with E-state index in [2.05, 4.69) is 14.9 Å². The van der Waals surface area contributed by atoms with Crippen LogP contribution in [0.15, 0.2) is 5.38 Å². The van der Waals surface area contributed by atoms with E-state index in [1.807, 2.05) is 19.0 Å². The molecule has 1 aliphatic rings. The van der Waals surface area contributed by atoms with E-state index >= 15 is 0 Å². The second-order valence-electron chi connectivity index (χ2n) is 4.50. The zero-order valence-corrected chi connectivity index (χ0v) is 11.0. The number of carbonyl (C=O) groups is 1. The van der Waals surface area contributed by atoms with Gasteiger partial charge in [-0.25, -0.2) is 0 Å². The van der Waals surface area contributed by atoms with Crippen molar-refractivity contribution < 1.29 is 4.79 Å². The highest BCUT2D eigenvalue weighted by Crippen LogP contribution is 2.23. The van der Waals surface area contributed by atoms with Gasteiger partial charge in [0.2, 0.25) is 0 Å². The van der Waals surface area contributed by atoms with Gasteiger partial charge in [0.05, 0.1) is 0 Å². The van der Waals surface area contributed by atoms with E-state index in [0.717, 1.165) is 25.7 Å². The maximum Gasteiger partial charge on any atom is 0.275 e. The lowest BCUT2D eigenvalue weighted by Crippen LogP contribution is -2.42. The summed E-state index contributed by atoms with van der Waals surface area (Å²) in [6.07, 6.45) is 4.39. The van der Waals surface area contributed by atoms with E-state index < -0.39 is 0 Å². The molecule has 17 heavy (non-hydrogen) atoms. The van der Waals surface area contributed by atoms with Crippen molar-refractivity contribution in [3.8, 4) is 0 Å². The van der Waals surface area contributed by atoms with Crippen LogP contribution in [0, 0.1) is 0 Å². The molecule has 0 aromatic carbocycles. The zero-order valence-electron chi connectivity index (χ0n) is 10.2. The number of nitrogens with zero attached hydrogens (tertiary/aromatic N) is 3. The molecule has 0 bridgehead atoms. The van der Waals surface area contributed by atoms with Gasteiger partial charge in [0.15, 0.2) is 5.69 Å². The van der Waals surface area contributed by atoms with Crippen molar-refractivity contribution in [3.05, 3.63) is 11.1 Å². The fraction of sp³-hybridized carbons (Fsp3) is 0.727. The average Bonchev–Trinajstić information content (AvgIpc) is 2.91. The van der Waals surface area contributed by atoms with E-state index in [4.69, 9.17) is 0 Å². The predicted molar refractivity (Wildman–Crippen MR) is 67.1 cm³/mol. The van der Waals surface area contributed by atoms with Gasteiger partial charge in [-0.2, -0.15) is 0 Å². The summed E-state index contributed by atoms with van der Waals surface area (Å²) in [4.78, 5) is 13.9. The zero-order chi connectivity index (χ0) is 12.3. The molecule has 1 fully saturated rings. The van der Waals surface area contributed by atoms with E-state index in [-0.39, 0.29) is 5.91 Å². The van der Waals surface area contributed by atoms with E-state index in [9.17, 15) is 4.79 Å². The van der Waals surface area contributed by atoms with Crippen LogP contribution < -0.4 is 5.32 Å². The molecule has 6 heteroatoms. The maximum atomic E-state index is 12.1. The number of hydrogen-bond acceptors (Lipinski definition) is 5. The van der Waals surface area contributed by atoms with Crippen LogP contribution in [0.5, 0.6) is 0 Å². The molecule has 1 heterocycles. The Morgan fingerprint density at radius 2 is 2.18 bits per heavy atom. The number of aromatic nitrogens is 2. The number of hydrogen-bond donors (Lipinski definition) is 1. The standard InChI is InChI=1S/C11H18N4OS/c1-12-8-3-5-9(6-4-8)15(2)11(16)10-7-17-14-13-10/h7-9,12H,3-6H2,1-2H3. The quantitative estimate of drug-likeness (QED) is 0.879. The topological polar surface area (TPSA) is 58.1 Å². The molecule has 1 aliphatic carbocycles. The minimum absolute atomic E-state index is 0.00772. The molecule has 0 radical (unpaired) electrons. The average molecular weight is 254 g/mol. The Hall–Kier alpha value is -1.01. The van der Waals surface area contributed by atoms with Crippen LogP contribution in [0.3, 0.4) is 0 Å². The molecule has 0 aliphatic heterocycles. The van der Waals surface area contributed by atoms with Gasteiger partial charge in [0.1, 0.15) is 0 Å². The largest absolute Gasteiger partial charge is 0.337 e.